The Morgan fingerprint density at radius 1 is 1.12 bits per heavy atom. The Labute approximate surface area is 161 Å². The van der Waals surface area contributed by atoms with Gasteiger partial charge in [0, 0.05) is 6.20 Å². The van der Waals surface area contributed by atoms with Gasteiger partial charge in [-0.3, -0.25) is 5.10 Å². The predicted octanol–water partition coefficient (Wildman–Crippen LogP) is 4.13. The van der Waals surface area contributed by atoms with Crippen molar-refractivity contribution in [3.8, 4) is 0 Å². The molecule has 0 aliphatic carbocycles. The van der Waals surface area contributed by atoms with Crippen LogP contribution < -0.4 is 10.5 Å². The molecule has 0 saturated heterocycles. The second-order valence-electron chi connectivity index (χ2n) is 5.95. The number of anilines is 1. The van der Waals surface area contributed by atoms with Gasteiger partial charge >= 0.3 is 0 Å². The van der Waals surface area contributed by atoms with Crippen molar-refractivity contribution in [3.63, 3.8) is 0 Å². The van der Waals surface area contributed by atoms with Crippen molar-refractivity contribution in [2.45, 2.75) is 13.5 Å². The summed E-state index contributed by atoms with van der Waals surface area (Å²) < 4.78 is 0. The number of hydrazone groups is 1. The average Bonchev–Trinajstić information content (AvgIpc) is 3.27. The number of amidine groups is 1. The number of hydrogen-bond acceptors (Lipinski definition) is 5. The fourth-order valence-corrected chi connectivity index (χ4v) is 3.24. The van der Waals surface area contributed by atoms with E-state index in [1.807, 2.05) is 28.3 Å². The predicted molar refractivity (Wildman–Crippen MR) is 104 cm³/mol. The Bertz CT molecular complexity index is 954. The Morgan fingerprint density at radius 3 is 2.73 bits per heavy atom. The maximum atomic E-state index is 6.49. The standard InChI is InChI=1S/C18H16Cl2N6/c1-12-4-2-5-13(8-12)11-25-24-23-18(14-9-21-22-10-14)26(25)16-7-3-6-15(19)17(16)20/h2-10,24H,11H2,1H3,(H,21,22). The summed E-state index contributed by atoms with van der Waals surface area (Å²) in [7, 11) is 0. The topological polar surface area (TPSA) is 59.5 Å². The van der Waals surface area contributed by atoms with Crippen LogP contribution in [-0.2, 0) is 6.54 Å². The van der Waals surface area contributed by atoms with Crippen LogP contribution in [-0.4, -0.2) is 21.2 Å². The van der Waals surface area contributed by atoms with E-state index in [2.05, 4.69) is 46.0 Å². The number of hydrogen-bond donors (Lipinski definition) is 2. The fraction of sp³-hybridized carbons (Fsp3) is 0.111. The molecule has 132 valence electrons. The highest BCUT2D eigenvalue weighted by Crippen LogP contribution is 2.35. The third-order valence-corrected chi connectivity index (χ3v) is 4.85. The number of aromatic nitrogens is 2. The van der Waals surface area contributed by atoms with Gasteiger partial charge in [-0.2, -0.15) is 5.10 Å². The van der Waals surface area contributed by atoms with Crippen LogP contribution in [0.25, 0.3) is 0 Å². The van der Waals surface area contributed by atoms with Gasteiger partial charge in [0.25, 0.3) is 0 Å². The normalized spacial score (nSPS) is 14.4. The third-order valence-electron chi connectivity index (χ3n) is 4.04. The summed E-state index contributed by atoms with van der Waals surface area (Å²) in [4.78, 5) is 0. The van der Waals surface area contributed by atoms with E-state index in [9.17, 15) is 0 Å². The van der Waals surface area contributed by atoms with Crippen LogP contribution >= 0.6 is 23.2 Å². The van der Waals surface area contributed by atoms with Crippen molar-refractivity contribution in [1.29, 1.82) is 0 Å². The number of aromatic amines is 1. The van der Waals surface area contributed by atoms with Crippen LogP contribution in [0.1, 0.15) is 16.7 Å². The van der Waals surface area contributed by atoms with Gasteiger partial charge < -0.3 is 0 Å². The average molecular weight is 387 g/mol. The number of hydrazine groups is 2. The van der Waals surface area contributed by atoms with Gasteiger partial charge in [-0.15, -0.1) is 10.2 Å². The molecule has 1 aliphatic heterocycles. The summed E-state index contributed by atoms with van der Waals surface area (Å²) in [5.41, 5.74) is 6.97. The van der Waals surface area contributed by atoms with Crippen LogP contribution in [0, 0.1) is 6.92 Å². The van der Waals surface area contributed by atoms with Crippen LogP contribution in [0.2, 0.25) is 10.0 Å². The van der Waals surface area contributed by atoms with Gasteiger partial charge in [0.2, 0.25) is 0 Å². The molecule has 3 aromatic rings. The van der Waals surface area contributed by atoms with Crippen molar-refractivity contribution in [2.75, 3.05) is 5.01 Å². The van der Waals surface area contributed by atoms with Crippen LogP contribution in [0.3, 0.4) is 0 Å². The van der Waals surface area contributed by atoms with E-state index < -0.39 is 0 Å². The van der Waals surface area contributed by atoms with Gasteiger partial charge in [-0.05, 0) is 24.6 Å². The Hall–Kier alpha value is -2.54. The quantitative estimate of drug-likeness (QED) is 0.707. The lowest BCUT2D eigenvalue weighted by Crippen LogP contribution is -2.45. The molecule has 0 radical (unpaired) electrons. The van der Waals surface area contributed by atoms with Crippen molar-refractivity contribution in [3.05, 3.63) is 81.6 Å². The summed E-state index contributed by atoms with van der Waals surface area (Å²) >= 11 is 12.7. The maximum Gasteiger partial charge on any atom is 0.181 e. The van der Waals surface area contributed by atoms with Crippen molar-refractivity contribution >= 4 is 34.7 Å². The number of aryl methyl sites for hydroxylation is 1. The van der Waals surface area contributed by atoms with Gasteiger partial charge in [0.05, 0.1) is 34.0 Å². The lowest BCUT2D eigenvalue weighted by Gasteiger charge is -2.30. The van der Waals surface area contributed by atoms with Crippen LogP contribution in [0.4, 0.5) is 5.69 Å². The molecule has 0 amide bonds. The lowest BCUT2D eigenvalue weighted by molar-refractivity contribution is 0.213. The first kappa shape index (κ1) is 16.9. The molecule has 1 aliphatic rings. The first-order chi connectivity index (χ1) is 12.6. The van der Waals surface area contributed by atoms with E-state index in [1.165, 1.54) is 5.56 Å². The summed E-state index contributed by atoms with van der Waals surface area (Å²) in [5.74, 6) is 0.676. The highest BCUT2D eigenvalue weighted by molar-refractivity contribution is 6.44. The van der Waals surface area contributed by atoms with E-state index >= 15 is 0 Å². The summed E-state index contributed by atoms with van der Waals surface area (Å²) in [6, 6.07) is 13.8. The number of benzene rings is 2. The number of rotatable bonds is 4. The van der Waals surface area contributed by atoms with E-state index in [-0.39, 0.29) is 0 Å². The van der Waals surface area contributed by atoms with Gasteiger partial charge in [0.1, 0.15) is 0 Å². The molecule has 0 atom stereocenters. The number of H-pyrrole nitrogens is 1. The van der Waals surface area contributed by atoms with Crippen LogP contribution in [0.5, 0.6) is 0 Å². The molecule has 0 unspecified atom stereocenters. The minimum atomic E-state index is 0.461. The molecule has 26 heavy (non-hydrogen) atoms. The maximum absolute atomic E-state index is 6.49. The monoisotopic (exact) mass is 386 g/mol. The Balaban J connectivity index is 1.73. The number of halogens is 2. The lowest BCUT2D eigenvalue weighted by atomic mass is 10.1. The Kier molecular flexibility index (Phi) is 4.55. The highest BCUT2D eigenvalue weighted by atomic mass is 35.5. The fourth-order valence-electron chi connectivity index (χ4n) is 2.86. The molecule has 0 bridgehead atoms. The number of nitrogens with zero attached hydrogens (tertiary/aromatic N) is 4. The molecule has 4 rings (SSSR count). The smallest absolute Gasteiger partial charge is 0.181 e. The molecule has 6 nitrogen and oxygen atoms in total. The van der Waals surface area contributed by atoms with E-state index in [4.69, 9.17) is 23.2 Å². The second kappa shape index (κ2) is 6.99. The molecule has 0 saturated carbocycles. The minimum Gasteiger partial charge on any atom is -0.285 e. The SMILES string of the molecule is Cc1cccc(CN2NN=C(c3cn[nH]c3)N2c2cccc(Cl)c2Cl)c1. The zero-order valence-electron chi connectivity index (χ0n) is 13.9. The van der Waals surface area contributed by atoms with Gasteiger partial charge in [-0.25, -0.2) is 10.5 Å². The first-order valence-electron chi connectivity index (χ1n) is 8.03. The zero-order valence-corrected chi connectivity index (χ0v) is 15.5. The molecule has 2 aromatic carbocycles. The highest BCUT2D eigenvalue weighted by Gasteiger charge is 2.31. The van der Waals surface area contributed by atoms with Crippen LogP contribution in [0.15, 0.2) is 60.0 Å². The summed E-state index contributed by atoms with van der Waals surface area (Å²) in [6.45, 7) is 2.66. The molecular weight excluding hydrogens is 371 g/mol. The first-order valence-corrected chi connectivity index (χ1v) is 8.78. The summed E-state index contributed by atoms with van der Waals surface area (Å²) in [5, 5.41) is 16.0. The molecule has 2 N–H and O–H groups in total. The molecular formula is C18H16Cl2N6. The van der Waals surface area contributed by atoms with E-state index in [0.717, 1.165) is 16.8 Å². The molecule has 0 fully saturated rings. The van der Waals surface area contributed by atoms with Crippen molar-refractivity contribution in [1.82, 2.24) is 20.9 Å². The minimum absolute atomic E-state index is 0.461. The van der Waals surface area contributed by atoms with Gasteiger partial charge in [-0.1, -0.05) is 59.1 Å². The van der Waals surface area contributed by atoms with Gasteiger partial charge in [0.15, 0.2) is 5.84 Å². The van der Waals surface area contributed by atoms with Crippen molar-refractivity contribution in [2.24, 2.45) is 5.10 Å². The molecule has 0 spiro atoms. The van der Waals surface area contributed by atoms with E-state index in [1.54, 1.807) is 18.5 Å². The Morgan fingerprint density at radius 2 is 1.96 bits per heavy atom. The molecule has 2 heterocycles. The number of nitrogens with one attached hydrogen (secondary N) is 2. The third kappa shape index (κ3) is 3.14. The summed E-state index contributed by atoms with van der Waals surface area (Å²) in [6.07, 6.45) is 3.49. The van der Waals surface area contributed by atoms with Crippen molar-refractivity contribution < 1.29 is 0 Å². The largest absolute Gasteiger partial charge is 0.285 e. The van der Waals surface area contributed by atoms with E-state index in [0.29, 0.717) is 22.4 Å². The second-order valence-corrected chi connectivity index (χ2v) is 6.74. The molecule has 8 heteroatoms. The zero-order chi connectivity index (χ0) is 18.1. The molecule has 1 aromatic heterocycles.